The summed E-state index contributed by atoms with van der Waals surface area (Å²) in [4.78, 5) is 41.4. The van der Waals surface area contributed by atoms with E-state index in [4.69, 9.17) is 4.42 Å². The molecule has 0 saturated carbocycles. The lowest BCUT2D eigenvalue weighted by molar-refractivity contribution is 0.0698. The SMILES string of the molecule is O=C(c1csc(-c2ncccn2)n1)N1CCCN(C(=O)c2ccco2)CC1. The molecule has 1 fully saturated rings. The number of hydrogen-bond acceptors (Lipinski definition) is 7. The number of furan rings is 1. The number of carbonyl (C=O) groups is 2. The number of rotatable bonds is 3. The molecular formula is C18H17N5O3S. The molecule has 0 unspecified atom stereocenters. The molecule has 0 atom stereocenters. The minimum atomic E-state index is -0.147. The second kappa shape index (κ2) is 7.67. The molecule has 0 spiro atoms. The standard InChI is InChI=1S/C18H17N5O3S/c24-17(13-12-27-16(21-13)15-19-5-2-6-20-15)22-7-3-8-23(10-9-22)18(25)14-4-1-11-26-14/h1-2,4-6,11-12H,3,7-10H2. The molecule has 1 aliphatic heterocycles. The van der Waals surface area contributed by atoms with Crippen LogP contribution in [0.15, 0.2) is 46.7 Å². The van der Waals surface area contributed by atoms with Crippen molar-refractivity contribution < 1.29 is 14.0 Å². The zero-order valence-electron chi connectivity index (χ0n) is 14.4. The molecule has 4 heterocycles. The van der Waals surface area contributed by atoms with Gasteiger partial charge in [-0.2, -0.15) is 0 Å². The van der Waals surface area contributed by atoms with Gasteiger partial charge in [0.1, 0.15) is 5.69 Å². The number of nitrogens with zero attached hydrogens (tertiary/aromatic N) is 5. The van der Waals surface area contributed by atoms with Gasteiger partial charge in [-0.15, -0.1) is 11.3 Å². The van der Waals surface area contributed by atoms with E-state index < -0.39 is 0 Å². The molecule has 8 nitrogen and oxygen atoms in total. The van der Waals surface area contributed by atoms with Crippen LogP contribution < -0.4 is 0 Å². The largest absolute Gasteiger partial charge is 0.459 e. The van der Waals surface area contributed by atoms with Crippen LogP contribution in [0.3, 0.4) is 0 Å². The van der Waals surface area contributed by atoms with Gasteiger partial charge in [0.2, 0.25) is 0 Å². The summed E-state index contributed by atoms with van der Waals surface area (Å²) in [6.45, 7) is 2.09. The lowest BCUT2D eigenvalue weighted by Crippen LogP contribution is -2.37. The normalized spacial score (nSPS) is 14.8. The molecule has 0 aliphatic carbocycles. The quantitative estimate of drug-likeness (QED) is 0.688. The Labute approximate surface area is 159 Å². The highest BCUT2D eigenvalue weighted by atomic mass is 32.1. The van der Waals surface area contributed by atoms with Crippen LogP contribution in [0, 0.1) is 0 Å². The molecule has 1 saturated heterocycles. The van der Waals surface area contributed by atoms with Crippen molar-refractivity contribution in [2.45, 2.75) is 6.42 Å². The van der Waals surface area contributed by atoms with E-state index >= 15 is 0 Å². The summed E-state index contributed by atoms with van der Waals surface area (Å²) in [5.74, 6) is 0.543. The first-order valence-corrected chi connectivity index (χ1v) is 9.45. The second-order valence-electron chi connectivity index (χ2n) is 6.03. The summed E-state index contributed by atoms with van der Waals surface area (Å²) in [6.07, 6.45) is 5.48. The van der Waals surface area contributed by atoms with E-state index in [1.54, 1.807) is 45.8 Å². The Bertz CT molecular complexity index is 926. The van der Waals surface area contributed by atoms with Crippen LogP contribution in [0.2, 0.25) is 0 Å². The van der Waals surface area contributed by atoms with E-state index in [0.717, 1.165) is 0 Å². The van der Waals surface area contributed by atoms with Gasteiger partial charge >= 0.3 is 0 Å². The van der Waals surface area contributed by atoms with Crippen molar-refractivity contribution in [3.05, 3.63) is 53.7 Å². The first-order chi connectivity index (χ1) is 13.2. The predicted molar refractivity (Wildman–Crippen MR) is 98.3 cm³/mol. The van der Waals surface area contributed by atoms with E-state index in [1.165, 1.54) is 17.6 Å². The van der Waals surface area contributed by atoms with Crippen LogP contribution in [0.1, 0.15) is 27.5 Å². The summed E-state index contributed by atoms with van der Waals surface area (Å²) >= 11 is 1.34. The lowest BCUT2D eigenvalue weighted by atomic mass is 10.3. The molecule has 138 valence electrons. The zero-order chi connectivity index (χ0) is 18.6. The Balaban J connectivity index is 1.43. The summed E-state index contributed by atoms with van der Waals surface area (Å²) < 4.78 is 5.19. The van der Waals surface area contributed by atoms with Crippen LogP contribution >= 0.6 is 11.3 Å². The van der Waals surface area contributed by atoms with Crippen LogP contribution in [0.25, 0.3) is 10.8 Å². The minimum absolute atomic E-state index is 0.138. The van der Waals surface area contributed by atoms with Crippen LogP contribution in [0.5, 0.6) is 0 Å². The van der Waals surface area contributed by atoms with Gasteiger partial charge in [-0.1, -0.05) is 0 Å². The fourth-order valence-corrected chi connectivity index (χ4v) is 3.66. The van der Waals surface area contributed by atoms with Crippen LogP contribution in [-0.2, 0) is 0 Å². The van der Waals surface area contributed by atoms with E-state index in [0.29, 0.717) is 54.9 Å². The molecule has 3 aromatic heterocycles. The Hall–Kier alpha value is -3.07. The van der Waals surface area contributed by atoms with Crippen LogP contribution in [0.4, 0.5) is 0 Å². The monoisotopic (exact) mass is 383 g/mol. The maximum atomic E-state index is 12.8. The van der Waals surface area contributed by atoms with Crippen molar-refractivity contribution in [3.63, 3.8) is 0 Å². The summed E-state index contributed by atoms with van der Waals surface area (Å²) in [6, 6.07) is 5.08. The van der Waals surface area contributed by atoms with E-state index in [9.17, 15) is 9.59 Å². The van der Waals surface area contributed by atoms with Gasteiger partial charge in [0.15, 0.2) is 16.6 Å². The number of thiazole rings is 1. The van der Waals surface area contributed by atoms with Gasteiger partial charge in [0, 0.05) is 44.0 Å². The average Bonchev–Trinajstić information content (AvgIpc) is 3.36. The first-order valence-electron chi connectivity index (χ1n) is 8.57. The molecule has 3 aromatic rings. The van der Waals surface area contributed by atoms with Gasteiger partial charge in [-0.3, -0.25) is 9.59 Å². The average molecular weight is 383 g/mol. The molecule has 1 aliphatic rings. The molecular weight excluding hydrogens is 366 g/mol. The first kappa shape index (κ1) is 17.3. The molecule has 2 amide bonds. The van der Waals surface area contributed by atoms with Crippen LogP contribution in [-0.4, -0.2) is 62.7 Å². The second-order valence-corrected chi connectivity index (χ2v) is 6.88. The highest BCUT2D eigenvalue weighted by Crippen LogP contribution is 2.21. The van der Waals surface area contributed by atoms with E-state index in [2.05, 4.69) is 15.0 Å². The summed E-state index contributed by atoms with van der Waals surface area (Å²) in [5, 5.41) is 2.34. The molecule has 27 heavy (non-hydrogen) atoms. The third-order valence-corrected chi connectivity index (χ3v) is 5.12. The fourth-order valence-electron chi connectivity index (χ4n) is 2.93. The van der Waals surface area contributed by atoms with Gasteiger partial charge in [0.05, 0.1) is 6.26 Å². The predicted octanol–water partition coefficient (Wildman–Crippen LogP) is 2.18. The topological polar surface area (TPSA) is 92.4 Å². The zero-order valence-corrected chi connectivity index (χ0v) is 15.3. The van der Waals surface area contributed by atoms with E-state index in [1.807, 2.05) is 0 Å². The van der Waals surface area contributed by atoms with Crippen molar-refractivity contribution in [2.24, 2.45) is 0 Å². The van der Waals surface area contributed by atoms with Gasteiger partial charge in [0.25, 0.3) is 11.8 Å². The smallest absolute Gasteiger partial charge is 0.289 e. The van der Waals surface area contributed by atoms with Crippen molar-refractivity contribution in [1.82, 2.24) is 24.8 Å². The maximum absolute atomic E-state index is 12.8. The Kier molecular flexibility index (Phi) is 4.93. The highest BCUT2D eigenvalue weighted by Gasteiger charge is 2.26. The number of carbonyl (C=O) groups excluding carboxylic acids is 2. The van der Waals surface area contributed by atoms with Crippen molar-refractivity contribution in [3.8, 4) is 10.8 Å². The summed E-state index contributed by atoms with van der Waals surface area (Å²) in [7, 11) is 0. The Morgan fingerprint density at radius 3 is 2.44 bits per heavy atom. The molecule has 9 heteroatoms. The lowest BCUT2D eigenvalue weighted by Gasteiger charge is -2.21. The third kappa shape index (κ3) is 3.72. The fraction of sp³-hybridized carbons (Fsp3) is 0.278. The molecule has 4 rings (SSSR count). The highest BCUT2D eigenvalue weighted by molar-refractivity contribution is 7.13. The molecule has 0 bridgehead atoms. The number of hydrogen-bond donors (Lipinski definition) is 0. The van der Waals surface area contributed by atoms with E-state index in [-0.39, 0.29) is 11.8 Å². The summed E-state index contributed by atoms with van der Waals surface area (Å²) in [5.41, 5.74) is 0.383. The van der Waals surface area contributed by atoms with Gasteiger partial charge in [-0.05, 0) is 24.6 Å². The number of aromatic nitrogens is 3. The van der Waals surface area contributed by atoms with Gasteiger partial charge < -0.3 is 14.2 Å². The van der Waals surface area contributed by atoms with Crippen molar-refractivity contribution >= 4 is 23.2 Å². The molecule has 0 radical (unpaired) electrons. The number of amides is 2. The Morgan fingerprint density at radius 2 is 1.74 bits per heavy atom. The minimum Gasteiger partial charge on any atom is -0.459 e. The molecule has 0 aromatic carbocycles. The van der Waals surface area contributed by atoms with Crippen molar-refractivity contribution in [1.29, 1.82) is 0 Å². The third-order valence-electron chi connectivity index (χ3n) is 4.28. The van der Waals surface area contributed by atoms with Gasteiger partial charge in [-0.25, -0.2) is 15.0 Å². The Morgan fingerprint density at radius 1 is 1.00 bits per heavy atom. The van der Waals surface area contributed by atoms with Crippen molar-refractivity contribution in [2.75, 3.05) is 26.2 Å². The molecule has 0 N–H and O–H groups in total. The maximum Gasteiger partial charge on any atom is 0.289 e.